The van der Waals surface area contributed by atoms with Crippen LogP contribution < -0.4 is 11.1 Å². The molecule has 0 unspecified atom stereocenters. The molecule has 3 fully saturated rings. The topological polar surface area (TPSA) is 129 Å². The van der Waals surface area contributed by atoms with Crippen LogP contribution in [0.3, 0.4) is 0 Å². The lowest BCUT2D eigenvalue weighted by molar-refractivity contribution is -0.145. The van der Waals surface area contributed by atoms with Crippen LogP contribution in [0.15, 0.2) is 30.3 Å². The van der Waals surface area contributed by atoms with E-state index in [-0.39, 0.29) is 48.4 Å². The van der Waals surface area contributed by atoms with Crippen LogP contribution in [-0.4, -0.2) is 93.7 Å². The number of hydrogen-bond donors (Lipinski definition) is 2. The van der Waals surface area contributed by atoms with E-state index in [1.165, 1.54) is 0 Å². The van der Waals surface area contributed by atoms with Crippen LogP contribution in [-0.2, 0) is 20.8 Å². The van der Waals surface area contributed by atoms with E-state index >= 15 is 0 Å². The van der Waals surface area contributed by atoms with Gasteiger partial charge in [0.05, 0.1) is 29.1 Å². The SMILES string of the molecule is Cc1sc2nc1CC(=O)NC1(CCN(C(=O)c3ccccc3)CC1)CC(=O)N1C[C@@H](N)C[C@H]1C(=O)N1CCC2CC1. The Hall–Kier alpha value is -3.31. The Bertz CT molecular complexity index is 1330. The molecule has 3 saturated heterocycles. The van der Waals surface area contributed by atoms with Crippen molar-refractivity contribution in [1.29, 1.82) is 0 Å². The number of hydrogen-bond acceptors (Lipinski definition) is 7. The van der Waals surface area contributed by atoms with Gasteiger partial charge < -0.3 is 25.8 Å². The molecule has 4 amide bonds. The maximum absolute atomic E-state index is 13.9. The predicted octanol–water partition coefficient (Wildman–Crippen LogP) is 1.82. The van der Waals surface area contributed by atoms with Gasteiger partial charge in [-0.05, 0) is 51.2 Å². The van der Waals surface area contributed by atoms with Crippen molar-refractivity contribution in [1.82, 2.24) is 25.0 Å². The monoisotopic (exact) mass is 578 g/mol. The Labute approximate surface area is 244 Å². The third kappa shape index (κ3) is 5.61. The van der Waals surface area contributed by atoms with Gasteiger partial charge in [0.25, 0.3) is 5.91 Å². The summed E-state index contributed by atoms with van der Waals surface area (Å²) >= 11 is 1.64. The molecule has 1 aromatic carbocycles. The first-order chi connectivity index (χ1) is 19.7. The Morgan fingerprint density at radius 1 is 1.07 bits per heavy atom. The lowest BCUT2D eigenvalue weighted by Gasteiger charge is -2.43. The maximum atomic E-state index is 13.9. The maximum Gasteiger partial charge on any atom is 0.253 e. The zero-order valence-corrected chi connectivity index (χ0v) is 24.3. The van der Waals surface area contributed by atoms with Crippen molar-refractivity contribution >= 4 is 35.0 Å². The average Bonchev–Trinajstić information content (AvgIpc) is 3.55. The number of nitrogens with zero attached hydrogens (tertiary/aromatic N) is 4. The predicted molar refractivity (Wildman–Crippen MR) is 154 cm³/mol. The summed E-state index contributed by atoms with van der Waals surface area (Å²) in [5.41, 5.74) is 6.86. The quantitative estimate of drug-likeness (QED) is 0.531. The van der Waals surface area contributed by atoms with Crippen LogP contribution >= 0.6 is 11.3 Å². The van der Waals surface area contributed by atoms with Crippen LogP contribution in [0.25, 0.3) is 0 Å². The number of aromatic nitrogens is 1. The van der Waals surface area contributed by atoms with Crippen molar-refractivity contribution in [2.24, 2.45) is 5.73 Å². The summed E-state index contributed by atoms with van der Waals surface area (Å²) in [6, 6.07) is 8.30. The van der Waals surface area contributed by atoms with Crippen LogP contribution in [0.2, 0.25) is 0 Å². The zero-order chi connectivity index (χ0) is 28.7. The largest absolute Gasteiger partial charge is 0.350 e. The number of amides is 4. The van der Waals surface area contributed by atoms with Gasteiger partial charge in [0, 0.05) is 55.1 Å². The minimum absolute atomic E-state index is 0.0331. The molecule has 3 N–H and O–H groups in total. The fraction of sp³-hybridized carbons (Fsp3) is 0.567. The van der Waals surface area contributed by atoms with Gasteiger partial charge in [0.2, 0.25) is 17.7 Å². The number of fused-ring (bicyclic) bond motifs is 5. The van der Waals surface area contributed by atoms with Crippen molar-refractivity contribution in [3.8, 4) is 0 Å². The Morgan fingerprint density at radius 3 is 2.49 bits per heavy atom. The molecule has 1 spiro atoms. The van der Waals surface area contributed by atoms with Gasteiger partial charge in [0.15, 0.2) is 0 Å². The van der Waals surface area contributed by atoms with Crippen LogP contribution in [0.4, 0.5) is 0 Å². The second-order valence-electron chi connectivity index (χ2n) is 12.1. The Kier molecular flexibility index (Phi) is 7.58. The van der Waals surface area contributed by atoms with Gasteiger partial charge >= 0.3 is 0 Å². The Morgan fingerprint density at radius 2 is 1.78 bits per heavy atom. The van der Waals surface area contributed by atoms with Crippen LogP contribution in [0, 0.1) is 6.92 Å². The van der Waals surface area contributed by atoms with Gasteiger partial charge in [-0.25, -0.2) is 4.98 Å². The molecule has 7 rings (SSSR count). The second-order valence-corrected chi connectivity index (χ2v) is 13.3. The molecule has 41 heavy (non-hydrogen) atoms. The molecule has 0 aliphatic carbocycles. The third-order valence-corrected chi connectivity index (χ3v) is 10.4. The van der Waals surface area contributed by atoms with Crippen LogP contribution in [0.5, 0.6) is 0 Å². The van der Waals surface area contributed by atoms with Crippen molar-refractivity contribution in [3.63, 3.8) is 0 Å². The third-order valence-electron chi connectivity index (χ3n) is 9.25. The summed E-state index contributed by atoms with van der Waals surface area (Å²) in [5.74, 6) is -0.179. The number of carbonyl (C=O) groups is 4. The highest BCUT2D eigenvalue weighted by atomic mass is 32.1. The first-order valence-corrected chi connectivity index (χ1v) is 15.5. The molecule has 218 valence electrons. The molecule has 4 bridgehead atoms. The van der Waals surface area contributed by atoms with Crippen molar-refractivity contribution in [3.05, 3.63) is 51.5 Å². The second kappa shape index (κ2) is 11.2. The molecule has 6 heterocycles. The van der Waals surface area contributed by atoms with E-state index in [1.807, 2.05) is 30.0 Å². The fourth-order valence-electron chi connectivity index (χ4n) is 6.85. The summed E-state index contributed by atoms with van der Waals surface area (Å²) in [6.45, 7) is 4.41. The molecule has 2 atom stereocenters. The van der Waals surface area contributed by atoms with Crippen LogP contribution in [0.1, 0.15) is 70.4 Å². The molecule has 1 aromatic heterocycles. The molecule has 0 saturated carbocycles. The normalized spacial score (nSPS) is 25.5. The number of rotatable bonds is 1. The molecule has 11 heteroatoms. The van der Waals surface area contributed by atoms with E-state index < -0.39 is 11.6 Å². The van der Waals surface area contributed by atoms with E-state index in [2.05, 4.69) is 5.32 Å². The van der Waals surface area contributed by atoms with Gasteiger partial charge in [-0.3, -0.25) is 19.2 Å². The lowest BCUT2D eigenvalue weighted by atomic mass is 9.83. The highest BCUT2D eigenvalue weighted by molar-refractivity contribution is 7.11. The van der Waals surface area contributed by atoms with Crippen molar-refractivity contribution < 1.29 is 19.2 Å². The number of likely N-dealkylation sites (tertiary alicyclic amines) is 1. The molecule has 5 aliphatic rings. The van der Waals surface area contributed by atoms with Gasteiger partial charge in [-0.1, -0.05) is 18.2 Å². The highest BCUT2D eigenvalue weighted by Gasteiger charge is 2.45. The zero-order valence-electron chi connectivity index (χ0n) is 23.5. The number of thiazole rings is 1. The average molecular weight is 579 g/mol. The Balaban J connectivity index is 1.28. The van der Waals surface area contributed by atoms with E-state index in [9.17, 15) is 19.2 Å². The van der Waals surface area contributed by atoms with E-state index in [1.54, 1.807) is 33.3 Å². The minimum atomic E-state index is -0.828. The molecule has 10 nitrogen and oxygen atoms in total. The lowest BCUT2D eigenvalue weighted by Crippen LogP contribution is -2.59. The summed E-state index contributed by atoms with van der Waals surface area (Å²) in [4.78, 5) is 65.4. The molecule has 2 aromatic rings. The summed E-state index contributed by atoms with van der Waals surface area (Å²) in [5, 5.41) is 4.25. The minimum Gasteiger partial charge on any atom is -0.350 e. The number of aryl methyl sites for hydroxylation is 1. The summed E-state index contributed by atoms with van der Waals surface area (Å²) in [7, 11) is 0. The standard InChI is InChI=1S/C30H38N6O4S/c1-19-23-16-25(37)33-30(9-13-35(14-10-30)28(39)21-5-3-2-4-6-21)17-26(38)36-18-22(31)15-24(36)29(40)34-11-7-20(8-12-34)27(32-23)41-19/h2-6,20,22,24H,7-18,31H2,1H3,(H,33,37)/t22-,24-/m0/s1. The number of piperidine rings is 2. The first kappa shape index (κ1) is 27.8. The van der Waals surface area contributed by atoms with Gasteiger partial charge in [-0.2, -0.15) is 0 Å². The summed E-state index contributed by atoms with van der Waals surface area (Å²) < 4.78 is 0. The number of nitrogens with one attached hydrogen (secondary N) is 1. The first-order valence-electron chi connectivity index (χ1n) is 14.7. The number of nitrogens with two attached hydrogens (primary N) is 1. The molecular weight excluding hydrogens is 540 g/mol. The van der Waals surface area contributed by atoms with Gasteiger partial charge in [0.1, 0.15) is 6.04 Å². The number of carbonyl (C=O) groups excluding carboxylic acids is 4. The van der Waals surface area contributed by atoms with Crippen molar-refractivity contribution in [2.75, 3.05) is 32.7 Å². The molecular formula is C30H38N6O4S. The molecule has 5 aliphatic heterocycles. The van der Waals surface area contributed by atoms with E-state index in [0.717, 1.165) is 28.4 Å². The number of benzene rings is 1. The highest BCUT2D eigenvalue weighted by Crippen LogP contribution is 2.35. The van der Waals surface area contributed by atoms with Crippen molar-refractivity contribution in [2.45, 2.75) is 75.4 Å². The molecule has 0 radical (unpaired) electrons. The van der Waals surface area contributed by atoms with E-state index in [4.69, 9.17) is 10.7 Å². The fourth-order valence-corrected chi connectivity index (χ4v) is 7.96. The van der Waals surface area contributed by atoms with Gasteiger partial charge in [-0.15, -0.1) is 11.3 Å². The summed E-state index contributed by atoms with van der Waals surface area (Å²) in [6.07, 6.45) is 3.18. The smallest absolute Gasteiger partial charge is 0.253 e. The van der Waals surface area contributed by atoms with E-state index in [0.29, 0.717) is 57.5 Å².